The van der Waals surface area contributed by atoms with Crippen molar-refractivity contribution >= 4 is 11.8 Å². The van der Waals surface area contributed by atoms with Crippen molar-refractivity contribution in [3.63, 3.8) is 0 Å². The lowest BCUT2D eigenvalue weighted by Gasteiger charge is -2.30. The number of benzene rings is 2. The van der Waals surface area contributed by atoms with Crippen LogP contribution >= 0.6 is 0 Å². The van der Waals surface area contributed by atoms with Crippen molar-refractivity contribution in [1.82, 2.24) is 14.4 Å². The fourth-order valence-electron chi connectivity index (χ4n) is 4.88. The van der Waals surface area contributed by atoms with Gasteiger partial charge in [0.1, 0.15) is 0 Å². The number of fused-ring (bicyclic) bond motifs is 2. The van der Waals surface area contributed by atoms with E-state index in [0.717, 1.165) is 36.6 Å². The summed E-state index contributed by atoms with van der Waals surface area (Å²) in [4.78, 5) is 30.1. The van der Waals surface area contributed by atoms with Gasteiger partial charge in [-0.2, -0.15) is 0 Å². The average molecular weight is 399 g/mol. The first-order valence-corrected chi connectivity index (χ1v) is 10.5. The summed E-state index contributed by atoms with van der Waals surface area (Å²) in [6.07, 6.45) is 1.01. The number of hydrogen-bond acceptors (Lipinski definition) is 3. The topological polar surface area (TPSA) is 45.6 Å². The molecule has 2 aliphatic rings. The number of rotatable bonds is 4. The summed E-state index contributed by atoms with van der Waals surface area (Å²) in [6, 6.07) is 18.4. The second-order valence-corrected chi connectivity index (χ2v) is 8.15. The molecule has 0 saturated heterocycles. The van der Waals surface area contributed by atoms with Gasteiger partial charge in [-0.05, 0) is 43.5 Å². The number of para-hydroxylation sites is 1. The van der Waals surface area contributed by atoms with E-state index < -0.39 is 0 Å². The van der Waals surface area contributed by atoms with Gasteiger partial charge in [-0.25, -0.2) is 0 Å². The van der Waals surface area contributed by atoms with Gasteiger partial charge in [-0.15, -0.1) is 0 Å². The molecule has 5 rings (SSSR count). The maximum atomic E-state index is 13.2. The molecule has 30 heavy (non-hydrogen) atoms. The van der Waals surface area contributed by atoms with Crippen molar-refractivity contribution in [2.24, 2.45) is 0 Å². The normalized spacial score (nSPS) is 16.1. The monoisotopic (exact) mass is 399 g/mol. The van der Waals surface area contributed by atoms with E-state index in [1.807, 2.05) is 48.7 Å². The number of amides is 2. The Kier molecular flexibility index (Phi) is 4.55. The van der Waals surface area contributed by atoms with E-state index in [1.165, 1.54) is 16.0 Å². The summed E-state index contributed by atoms with van der Waals surface area (Å²) in [7, 11) is 0. The molecular weight excluding hydrogens is 374 g/mol. The van der Waals surface area contributed by atoms with Crippen LogP contribution < -0.4 is 0 Å². The Labute approximate surface area is 176 Å². The molecule has 3 heterocycles. The lowest BCUT2D eigenvalue weighted by Crippen LogP contribution is -2.40. The van der Waals surface area contributed by atoms with E-state index in [1.54, 1.807) is 0 Å². The Morgan fingerprint density at radius 3 is 2.03 bits per heavy atom. The minimum atomic E-state index is -0.164. The molecule has 0 fully saturated rings. The third kappa shape index (κ3) is 2.89. The molecule has 0 aliphatic carbocycles. The first-order valence-electron chi connectivity index (χ1n) is 10.5. The molecule has 0 spiro atoms. The quantitative estimate of drug-likeness (QED) is 0.628. The number of nitrogens with zero attached hydrogens (tertiary/aromatic N) is 3. The van der Waals surface area contributed by atoms with Gasteiger partial charge in [0, 0.05) is 43.3 Å². The molecule has 1 aromatic heterocycles. The SMILES string of the molecule is Cc1c2c(c(C)n1-c1ccccc1)C(=O)N(CCN1CCc3ccccc3C1)C2=O. The van der Waals surface area contributed by atoms with E-state index in [2.05, 4.69) is 29.2 Å². The van der Waals surface area contributed by atoms with Gasteiger partial charge in [0.2, 0.25) is 0 Å². The third-order valence-corrected chi connectivity index (χ3v) is 6.43. The number of aromatic nitrogens is 1. The molecule has 0 N–H and O–H groups in total. The Morgan fingerprint density at radius 2 is 1.37 bits per heavy atom. The Balaban J connectivity index is 1.35. The largest absolute Gasteiger partial charge is 0.317 e. The maximum Gasteiger partial charge on any atom is 0.263 e. The second-order valence-electron chi connectivity index (χ2n) is 8.15. The number of carbonyl (C=O) groups is 2. The zero-order valence-corrected chi connectivity index (χ0v) is 17.4. The molecule has 0 atom stereocenters. The predicted octanol–water partition coefficient (Wildman–Crippen LogP) is 3.75. The molecule has 2 aliphatic heterocycles. The standard InChI is InChI=1S/C25H25N3O2/c1-17-22-23(18(2)28(17)21-10-4-3-5-11-21)25(30)27(24(22)29)15-14-26-13-12-19-8-6-7-9-20(19)16-26/h3-11H,12-16H2,1-2H3. The van der Waals surface area contributed by atoms with Gasteiger partial charge in [0.25, 0.3) is 11.8 Å². The highest BCUT2D eigenvalue weighted by Crippen LogP contribution is 2.33. The van der Waals surface area contributed by atoms with Gasteiger partial charge in [-0.3, -0.25) is 19.4 Å². The van der Waals surface area contributed by atoms with Crippen LogP contribution in [0.5, 0.6) is 0 Å². The van der Waals surface area contributed by atoms with Crippen LogP contribution in [0.4, 0.5) is 0 Å². The highest BCUT2D eigenvalue weighted by Gasteiger charge is 2.41. The molecule has 3 aromatic rings. The van der Waals surface area contributed by atoms with Crippen molar-refractivity contribution in [2.75, 3.05) is 19.6 Å². The van der Waals surface area contributed by atoms with Gasteiger partial charge < -0.3 is 4.57 Å². The van der Waals surface area contributed by atoms with E-state index in [0.29, 0.717) is 24.2 Å². The molecule has 5 heteroatoms. The van der Waals surface area contributed by atoms with Crippen molar-refractivity contribution in [3.8, 4) is 5.69 Å². The lowest BCUT2D eigenvalue weighted by molar-refractivity contribution is 0.0631. The molecule has 2 amide bonds. The Hall–Kier alpha value is -3.18. The van der Waals surface area contributed by atoms with Crippen LogP contribution in [-0.2, 0) is 13.0 Å². The fraction of sp³-hybridized carbons (Fsp3) is 0.280. The average Bonchev–Trinajstić information content (AvgIpc) is 3.18. The van der Waals surface area contributed by atoms with Crippen LogP contribution in [0.15, 0.2) is 54.6 Å². The van der Waals surface area contributed by atoms with Crippen molar-refractivity contribution in [3.05, 3.63) is 88.2 Å². The van der Waals surface area contributed by atoms with Gasteiger partial charge in [0.15, 0.2) is 0 Å². The van der Waals surface area contributed by atoms with Crippen molar-refractivity contribution < 1.29 is 9.59 Å². The van der Waals surface area contributed by atoms with Gasteiger partial charge in [-0.1, -0.05) is 42.5 Å². The smallest absolute Gasteiger partial charge is 0.263 e. The molecular formula is C25H25N3O2. The zero-order chi connectivity index (χ0) is 20.8. The predicted molar refractivity (Wildman–Crippen MR) is 116 cm³/mol. The number of hydrogen-bond donors (Lipinski definition) is 0. The third-order valence-electron chi connectivity index (χ3n) is 6.43. The second kappa shape index (κ2) is 7.26. The Bertz CT molecular complexity index is 1110. The van der Waals surface area contributed by atoms with Crippen LogP contribution in [-0.4, -0.2) is 45.8 Å². The van der Waals surface area contributed by atoms with Crippen molar-refractivity contribution in [1.29, 1.82) is 0 Å². The first kappa shape index (κ1) is 18.8. The lowest BCUT2D eigenvalue weighted by atomic mass is 10.00. The van der Waals surface area contributed by atoms with Gasteiger partial charge in [0.05, 0.1) is 11.1 Å². The summed E-state index contributed by atoms with van der Waals surface area (Å²) in [5, 5.41) is 0. The van der Waals surface area contributed by atoms with Crippen LogP contribution in [0.1, 0.15) is 43.2 Å². The van der Waals surface area contributed by atoms with Gasteiger partial charge >= 0.3 is 0 Å². The molecule has 152 valence electrons. The maximum absolute atomic E-state index is 13.2. The van der Waals surface area contributed by atoms with Crippen LogP contribution in [0.2, 0.25) is 0 Å². The molecule has 0 saturated carbocycles. The minimum Gasteiger partial charge on any atom is -0.317 e. The summed E-state index contributed by atoms with van der Waals surface area (Å²) < 4.78 is 2.01. The first-order chi connectivity index (χ1) is 14.6. The molecule has 2 aromatic carbocycles. The zero-order valence-electron chi connectivity index (χ0n) is 17.4. The highest BCUT2D eigenvalue weighted by atomic mass is 16.2. The summed E-state index contributed by atoms with van der Waals surface area (Å²) in [5.41, 5.74) is 6.51. The number of imide groups is 1. The van der Waals surface area contributed by atoms with E-state index >= 15 is 0 Å². The Morgan fingerprint density at radius 1 is 0.767 bits per heavy atom. The van der Waals surface area contributed by atoms with E-state index in [-0.39, 0.29) is 11.8 Å². The highest BCUT2D eigenvalue weighted by molar-refractivity contribution is 6.22. The van der Waals surface area contributed by atoms with E-state index in [4.69, 9.17) is 0 Å². The molecule has 0 unspecified atom stereocenters. The van der Waals surface area contributed by atoms with Crippen molar-refractivity contribution in [2.45, 2.75) is 26.8 Å². The fourth-order valence-corrected chi connectivity index (χ4v) is 4.88. The minimum absolute atomic E-state index is 0.164. The molecule has 0 bridgehead atoms. The molecule has 0 radical (unpaired) electrons. The van der Waals surface area contributed by atoms with Crippen LogP contribution in [0, 0.1) is 13.8 Å². The summed E-state index contributed by atoms with van der Waals surface area (Å²) in [5.74, 6) is -0.328. The summed E-state index contributed by atoms with van der Waals surface area (Å²) in [6.45, 7) is 6.81. The summed E-state index contributed by atoms with van der Waals surface area (Å²) >= 11 is 0. The van der Waals surface area contributed by atoms with Crippen LogP contribution in [0.3, 0.4) is 0 Å². The van der Waals surface area contributed by atoms with Crippen LogP contribution in [0.25, 0.3) is 5.69 Å². The molecule has 5 nitrogen and oxygen atoms in total. The van der Waals surface area contributed by atoms with E-state index in [9.17, 15) is 9.59 Å². The number of carbonyl (C=O) groups excluding carboxylic acids is 2.